The van der Waals surface area contributed by atoms with Gasteiger partial charge in [0.15, 0.2) is 11.8 Å². The van der Waals surface area contributed by atoms with Crippen molar-refractivity contribution in [3.8, 4) is 5.88 Å². The van der Waals surface area contributed by atoms with Crippen LogP contribution in [0.1, 0.15) is 72.8 Å². The molecule has 0 bridgehead atoms. The fourth-order valence-corrected chi connectivity index (χ4v) is 4.63. The molecule has 2 atom stereocenters. The molecule has 11 nitrogen and oxygen atoms in total. The number of pyridine rings is 1. The van der Waals surface area contributed by atoms with Gasteiger partial charge in [0.25, 0.3) is 0 Å². The largest absolute Gasteiger partial charge is 0.481 e. The van der Waals surface area contributed by atoms with Crippen molar-refractivity contribution in [1.29, 1.82) is 0 Å². The van der Waals surface area contributed by atoms with Crippen molar-refractivity contribution in [3.63, 3.8) is 0 Å². The molecule has 1 aromatic heterocycles. The maximum absolute atomic E-state index is 13.5. The Hall–Kier alpha value is -4.80. The number of esters is 3. The van der Waals surface area contributed by atoms with E-state index in [1.165, 1.54) is 26.4 Å². The first-order chi connectivity index (χ1) is 20.4. The van der Waals surface area contributed by atoms with E-state index < -0.39 is 52.9 Å². The lowest BCUT2D eigenvalue weighted by atomic mass is 9.83. The molecule has 0 unspecified atom stereocenters. The third-order valence-corrected chi connectivity index (χ3v) is 6.53. The van der Waals surface area contributed by atoms with Crippen LogP contribution in [0.25, 0.3) is 0 Å². The summed E-state index contributed by atoms with van der Waals surface area (Å²) >= 11 is 0. The number of hydrogen-bond donors (Lipinski definition) is 0. The minimum atomic E-state index is -1.15. The van der Waals surface area contributed by atoms with Gasteiger partial charge in [0, 0.05) is 16.9 Å². The second-order valence-corrected chi connectivity index (χ2v) is 10.8. The molecule has 1 heterocycles. The molecule has 0 aliphatic heterocycles. The summed E-state index contributed by atoms with van der Waals surface area (Å²) in [6.07, 6.45) is -1.05. The van der Waals surface area contributed by atoms with E-state index in [0.717, 1.165) is 11.1 Å². The normalized spacial score (nSPS) is 12.6. The van der Waals surface area contributed by atoms with Gasteiger partial charge in [0.1, 0.15) is 5.60 Å². The molecule has 0 fully saturated rings. The van der Waals surface area contributed by atoms with E-state index in [1.54, 1.807) is 20.8 Å². The minimum Gasteiger partial charge on any atom is -0.481 e. The van der Waals surface area contributed by atoms with Crippen LogP contribution in [0.5, 0.6) is 5.88 Å². The Bertz CT molecular complexity index is 1370. The first kappa shape index (κ1) is 32.7. The molecule has 0 radical (unpaired) electrons. The third kappa shape index (κ3) is 9.35. The molecule has 0 amide bonds. The van der Waals surface area contributed by atoms with Crippen molar-refractivity contribution in [2.24, 2.45) is 5.92 Å². The van der Waals surface area contributed by atoms with Crippen LogP contribution in [0.15, 0.2) is 72.8 Å². The number of aromatic nitrogens is 1. The summed E-state index contributed by atoms with van der Waals surface area (Å²) in [5, 5.41) is 11.8. The number of rotatable bonds is 13. The first-order valence-electron chi connectivity index (χ1n) is 13.7. The molecular formula is C32H36N2O9. The molecule has 11 heteroatoms. The van der Waals surface area contributed by atoms with Crippen molar-refractivity contribution in [2.45, 2.75) is 51.2 Å². The average Bonchev–Trinajstić information content (AvgIpc) is 2.98. The Balaban J connectivity index is 1.95. The highest BCUT2D eigenvalue weighted by molar-refractivity contribution is 5.87. The third-order valence-electron chi connectivity index (χ3n) is 6.53. The van der Waals surface area contributed by atoms with Crippen LogP contribution >= 0.6 is 0 Å². The second-order valence-electron chi connectivity index (χ2n) is 10.8. The molecule has 0 N–H and O–H groups in total. The van der Waals surface area contributed by atoms with Crippen LogP contribution in [-0.2, 0) is 23.8 Å². The van der Waals surface area contributed by atoms with Gasteiger partial charge in [0.05, 0.1) is 26.1 Å². The Morgan fingerprint density at radius 3 is 1.98 bits per heavy atom. The number of methoxy groups -OCH3 is 2. The molecule has 0 spiro atoms. The smallest absolute Gasteiger partial charge is 0.356 e. The summed E-state index contributed by atoms with van der Waals surface area (Å²) in [4.78, 5) is 54.3. The van der Waals surface area contributed by atoms with Gasteiger partial charge in [-0.15, -0.1) is 0 Å². The predicted octanol–water partition coefficient (Wildman–Crippen LogP) is 5.31. The topological polar surface area (TPSA) is 144 Å². The lowest BCUT2D eigenvalue weighted by Crippen LogP contribution is -2.35. The van der Waals surface area contributed by atoms with Gasteiger partial charge < -0.3 is 18.9 Å². The number of nitro groups is 1. The van der Waals surface area contributed by atoms with Crippen molar-refractivity contribution in [3.05, 3.63) is 105 Å². The minimum absolute atomic E-state index is 0.0757. The molecule has 0 aliphatic rings. The molecule has 228 valence electrons. The van der Waals surface area contributed by atoms with E-state index >= 15 is 0 Å². The summed E-state index contributed by atoms with van der Waals surface area (Å²) in [5.74, 6) is -4.40. The van der Waals surface area contributed by atoms with Gasteiger partial charge in [-0.3, -0.25) is 19.7 Å². The zero-order valence-corrected chi connectivity index (χ0v) is 24.9. The molecule has 0 saturated heterocycles. The predicted molar refractivity (Wildman–Crippen MR) is 156 cm³/mol. The summed E-state index contributed by atoms with van der Waals surface area (Å²) in [6.45, 7) is 4.34. The Kier molecular flexibility index (Phi) is 11.3. The van der Waals surface area contributed by atoms with E-state index in [-0.39, 0.29) is 30.0 Å². The van der Waals surface area contributed by atoms with Crippen LogP contribution in [0.2, 0.25) is 0 Å². The number of carbonyl (C=O) groups excluding carboxylic acids is 3. The number of hydrogen-bond acceptors (Lipinski definition) is 10. The molecule has 2 aromatic carbocycles. The highest BCUT2D eigenvalue weighted by Crippen LogP contribution is 2.36. The maximum atomic E-state index is 13.5. The zero-order chi connectivity index (χ0) is 31.6. The number of nitrogens with zero attached hydrogens (tertiary/aromatic N) is 2. The number of benzene rings is 2. The van der Waals surface area contributed by atoms with Gasteiger partial charge in [-0.1, -0.05) is 66.7 Å². The number of carbonyl (C=O) groups is 3. The Morgan fingerprint density at radius 1 is 0.907 bits per heavy atom. The summed E-state index contributed by atoms with van der Waals surface area (Å²) < 4.78 is 21.6. The molecule has 0 saturated carbocycles. The average molecular weight is 593 g/mol. The van der Waals surface area contributed by atoms with Crippen LogP contribution < -0.4 is 4.74 Å². The SMILES string of the molecule is COC(=O)c1ccc([C@@H](C[N+](=O)[O-])[C@H](CCC(=O)OC(c2ccccc2)c2ccccc2)C(=O)OC(C)(C)C)c(OC)n1. The quantitative estimate of drug-likeness (QED) is 0.111. The van der Waals surface area contributed by atoms with Crippen molar-refractivity contribution in [2.75, 3.05) is 20.8 Å². The molecule has 43 heavy (non-hydrogen) atoms. The van der Waals surface area contributed by atoms with Crippen LogP contribution in [-0.4, -0.2) is 54.2 Å². The fraction of sp³-hybridized carbons (Fsp3) is 0.375. The van der Waals surface area contributed by atoms with Crippen molar-refractivity contribution < 1.29 is 38.3 Å². The van der Waals surface area contributed by atoms with Crippen LogP contribution in [0.4, 0.5) is 0 Å². The number of ether oxygens (including phenoxy) is 4. The second kappa shape index (κ2) is 14.9. The van der Waals surface area contributed by atoms with E-state index in [1.807, 2.05) is 60.7 Å². The standard InChI is InChI=1S/C32H36N2O9/c1-32(2,3)43-30(36)24(25(20-34(38)39)23-16-18-26(31(37)41-5)33-29(23)40-4)17-19-27(35)42-28(21-12-8-6-9-13-21)22-14-10-7-11-15-22/h6-16,18,24-25,28H,17,19-20H2,1-5H3/t24-,25+/m0/s1. The molecular weight excluding hydrogens is 556 g/mol. The van der Waals surface area contributed by atoms with Gasteiger partial charge in [-0.2, -0.15) is 0 Å². The maximum Gasteiger partial charge on any atom is 0.356 e. The molecule has 0 aliphatic carbocycles. The lowest BCUT2D eigenvalue weighted by Gasteiger charge is -2.28. The van der Waals surface area contributed by atoms with E-state index in [4.69, 9.17) is 18.9 Å². The van der Waals surface area contributed by atoms with Gasteiger partial charge in [-0.05, 0) is 44.4 Å². The van der Waals surface area contributed by atoms with E-state index in [0.29, 0.717) is 0 Å². The van der Waals surface area contributed by atoms with Crippen LogP contribution in [0.3, 0.4) is 0 Å². The van der Waals surface area contributed by atoms with Gasteiger partial charge in [-0.25, -0.2) is 9.78 Å². The van der Waals surface area contributed by atoms with E-state index in [2.05, 4.69) is 4.98 Å². The summed E-state index contributed by atoms with van der Waals surface area (Å²) in [5.41, 5.74) is 0.755. The first-order valence-corrected chi connectivity index (χ1v) is 13.7. The Labute approximate surface area is 250 Å². The lowest BCUT2D eigenvalue weighted by molar-refractivity contribution is -0.484. The van der Waals surface area contributed by atoms with Crippen molar-refractivity contribution in [1.82, 2.24) is 4.98 Å². The van der Waals surface area contributed by atoms with Gasteiger partial charge in [0.2, 0.25) is 12.4 Å². The zero-order valence-electron chi connectivity index (χ0n) is 24.9. The van der Waals surface area contributed by atoms with Crippen LogP contribution in [0, 0.1) is 16.0 Å². The molecule has 3 aromatic rings. The summed E-state index contributed by atoms with van der Waals surface area (Å²) in [6, 6.07) is 21.2. The summed E-state index contributed by atoms with van der Waals surface area (Å²) in [7, 11) is 2.49. The Morgan fingerprint density at radius 2 is 1.49 bits per heavy atom. The van der Waals surface area contributed by atoms with E-state index in [9.17, 15) is 24.5 Å². The highest BCUT2D eigenvalue weighted by atomic mass is 16.6. The fourth-order valence-electron chi connectivity index (χ4n) is 4.63. The highest BCUT2D eigenvalue weighted by Gasteiger charge is 2.39. The molecule has 3 rings (SSSR count). The van der Waals surface area contributed by atoms with Gasteiger partial charge >= 0.3 is 17.9 Å². The monoisotopic (exact) mass is 592 g/mol. The van der Waals surface area contributed by atoms with Crippen molar-refractivity contribution >= 4 is 17.9 Å².